The van der Waals surface area contributed by atoms with E-state index < -0.39 is 17.6 Å². The third-order valence-electron chi connectivity index (χ3n) is 7.27. The second kappa shape index (κ2) is 11.9. The Labute approximate surface area is 245 Å². The van der Waals surface area contributed by atoms with E-state index in [0.717, 1.165) is 12.8 Å². The fourth-order valence-electron chi connectivity index (χ4n) is 5.13. The van der Waals surface area contributed by atoms with Gasteiger partial charge in [-0.2, -0.15) is 0 Å². The highest BCUT2D eigenvalue weighted by atomic mass is 35.5. The van der Waals surface area contributed by atoms with E-state index in [-0.39, 0.29) is 24.2 Å². The van der Waals surface area contributed by atoms with E-state index >= 15 is 4.39 Å². The van der Waals surface area contributed by atoms with E-state index in [1.165, 1.54) is 18.2 Å². The number of nitrogens with zero attached hydrogens (tertiary/aromatic N) is 3. The Kier molecular flexibility index (Phi) is 7.86. The molecule has 0 spiro atoms. The van der Waals surface area contributed by atoms with Crippen LogP contribution < -0.4 is 4.74 Å². The molecule has 1 aliphatic rings. The fraction of sp³-hybridized carbons (Fsp3) is 0.219. The van der Waals surface area contributed by atoms with Crippen molar-refractivity contribution < 1.29 is 28.2 Å². The lowest BCUT2D eigenvalue weighted by atomic mass is 10.1. The number of fused-ring (bicyclic) bond motifs is 1. The molecule has 2 aromatic heterocycles. The van der Waals surface area contributed by atoms with Crippen molar-refractivity contribution in [3.05, 3.63) is 112 Å². The summed E-state index contributed by atoms with van der Waals surface area (Å²) in [6, 6.07) is 19.1. The number of hydrogen-bond acceptors (Lipinski definition) is 5. The van der Waals surface area contributed by atoms with E-state index in [0.29, 0.717) is 63.8 Å². The second-order valence-corrected chi connectivity index (χ2v) is 10.6. The summed E-state index contributed by atoms with van der Waals surface area (Å²) >= 11 is 5.81. The topological polar surface area (TPSA) is 86.5 Å². The standard InChI is InChI=1S/C32H26ClF2N3O4/c33-22-9-7-21(25(34)16-22)18-42-31-5-1-4-27(37-31)24-10-6-19(13-26(24)35)14-30-36-28-11-8-20(32(39)40)15-29(28)38(30)17-23-3-2-12-41-23/h1,4-11,13,15-16,23H,2-3,12,14,17-18H2,(H,39,40)/t23-/m0/s1. The van der Waals surface area contributed by atoms with Crippen molar-refractivity contribution in [3.63, 3.8) is 0 Å². The Balaban J connectivity index is 1.24. The minimum atomic E-state index is -1.01. The molecule has 1 fully saturated rings. The number of hydrogen-bond donors (Lipinski definition) is 1. The molecule has 0 unspecified atom stereocenters. The zero-order valence-electron chi connectivity index (χ0n) is 22.4. The number of carbonyl (C=O) groups is 1. The second-order valence-electron chi connectivity index (χ2n) is 10.2. The van der Waals surface area contributed by atoms with Crippen molar-refractivity contribution in [1.82, 2.24) is 14.5 Å². The van der Waals surface area contributed by atoms with E-state index in [1.807, 2.05) is 10.6 Å². The molecule has 5 aromatic rings. The third kappa shape index (κ3) is 5.98. The first kappa shape index (κ1) is 27.8. The van der Waals surface area contributed by atoms with Gasteiger partial charge in [0.2, 0.25) is 5.88 Å². The maximum atomic E-state index is 15.4. The molecule has 0 amide bonds. The molecule has 3 aromatic carbocycles. The smallest absolute Gasteiger partial charge is 0.335 e. The molecular formula is C32H26ClF2N3O4. The van der Waals surface area contributed by atoms with Crippen LogP contribution in [-0.4, -0.2) is 38.3 Å². The minimum Gasteiger partial charge on any atom is -0.478 e. The number of halogens is 3. The van der Waals surface area contributed by atoms with Crippen LogP contribution in [0.15, 0.2) is 72.8 Å². The average Bonchev–Trinajstić information content (AvgIpc) is 3.61. The summed E-state index contributed by atoms with van der Waals surface area (Å²) in [7, 11) is 0. The van der Waals surface area contributed by atoms with Gasteiger partial charge in [-0.1, -0.05) is 29.8 Å². The summed E-state index contributed by atoms with van der Waals surface area (Å²) in [4.78, 5) is 20.8. The monoisotopic (exact) mass is 589 g/mol. The number of aromatic nitrogens is 3. The van der Waals surface area contributed by atoms with Gasteiger partial charge in [0.1, 0.15) is 24.1 Å². The first-order chi connectivity index (χ1) is 20.3. The van der Waals surface area contributed by atoms with Crippen LogP contribution >= 0.6 is 11.6 Å². The van der Waals surface area contributed by atoms with Crippen molar-refractivity contribution in [2.45, 2.75) is 38.5 Å². The number of benzene rings is 3. The molecular weight excluding hydrogens is 564 g/mol. The van der Waals surface area contributed by atoms with Crippen LogP contribution in [0.25, 0.3) is 22.3 Å². The molecule has 10 heteroatoms. The van der Waals surface area contributed by atoms with Crippen LogP contribution in [-0.2, 0) is 24.3 Å². The molecule has 42 heavy (non-hydrogen) atoms. The molecule has 6 rings (SSSR count). The van der Waals surface area contributed by atoms with Crippen molar-refractivity contribution in [3.8, 4) is 17.1 Å². The van der Waals surface area contributed by atoms with Gasteiger partial charge in [0.25, 0.3) is 0 Å². The summed E-state index contributed by atoms with van der Waals surface area (Å²) in [5.41, 5.74) is 3.24. The number of pyridine rings is 1. The van der Waals surface area contributed by atoms with Crippen LogP contribution in [0.3, 0.4) is 0 Å². The van der Waals surface area contributed by atoms with E-state index in [9.17, 15) is 14.3 Å². The van der Waals surface area contributed by atoms with Crippen LogP contribution in [0.2, 0.25) is 5.02 Å². The molecule has 1 atom stereocenters. The van der Waals surface area contributed by atoms with Gasteiger partial charge in [0.05, 0.1) is 34.9 Å². The van der Waals surface area contributed by atoms with E-state index in [1.54, 1.807) is 48.5 Å². The molecule has 1 N–H and O–H groups in total. The summed E-state index contributed by atoms with van der Waals surface area (Å²) in [5, 5.41) is 9.80. The average molecular weight is 590 g/mol. The SMILES string of the molecule is O=C(O)c1ccc2nc(Cc3ccc(-c4cccc(OCc5ccc(Cl)cc5F)n4)c(F)c3)n(C[C@@H]3CCCO3)c2c1. The number of carboxylic acid groups (broad SMARTS) is 1. The van der Waals surface area contributed by atoms with Crippen LogP contribution in [0.4, 0.5) is 8.78 Å². The molecule has 0 radical (unpaired) electrons. The largest absolute Gasteiger partial charge is 0.478 e. The third-order valence-corrected chi connectivity index (χ3v) is 7.51. The lowest BCUT2D eigenvalue weighted by Crippen LogP contribution is -2.17. The van der Waals surface area contributed by atoms with Gasteiger partial charge in [-0.05, 0) is 66.9 Å². The quantitative estimate of drug-likeness (QED) is 0.198. The van der Waals surface area contributed by atoms with Gasteiger partial charge in [-0.15, -0.1) is 0 Å². The van der Waals surface area contributed by atoms with Crippen molar-refractivity contribution in [1.29, 1.82) is 0 Å². The molecule has 3 heterocycles. The van der Waals surface area contributed by atoms with Gasteiger partial charge in [0.15, 0.2) is 0 Å². The molecule has 1 aliphatic heterocycles. The number of aromatic carboxylic acids is 1. The highest BCUT2D eigenvalue weighted by molar-refractivity contribution is 6.30. The maximum absolute atomic E-state index is 15.4. The summed E-state index contributed by atoms with van der Waals surface area (Å²) < 4.78 is 43.0. The molecule has 0 saturated carbocycles. The first-order valence-electron chi connectivity index (χ1n) is 13.5. The van der Waals surface area contributed by atoms with Crippen molar-refractivity contribution in [2.24, 2.45) is 0 Å². The summed E-state index contributed by atoms with van der Waals surface area (Å²) in [6.07, 6.45) is 2.22. The first-order valence-corrected chi connectivity index (χ1v) is 13.9. The highest BCUT2D eigenvalue weighted by Gasteiger charge is 2.21. The Hall–Kier alpha value is -4.34. The van der Waals surface area contributed by atoms with Crippen LogP contribution in [0.1, 0.15) is 40.2 Å². The van der Waals surface area contributed by atoms with Crippen LogP contribution in [0, 0.1) is 11.6 Å². The normalized spacial score (nSPS) is 14.9. The van der Waals surface area contributed by atoms with Crippen molar-refractivity contribution in [2.75, 3.05) is 6.61 Å². The predicted molar refractivity (Wildman–Crippen MR) is 154 cm³/mol. The zero-order chi connectivity index (χ0) is 29.2. The lowest BCUT2D eigenvalue weighted by Gasteiger charge is -2.15. The highest BCUT2D eigenvalue weighted by Crippen LogP contribution is 2.27. The molecule has 0 bridgehead atoms. The maximum Gasteiger partial charge on any atom is 0.335 e. The number of rotatable bonds is 9. The summed E-state index contributed by atoms with van der Waals surface area (Å²) in [5.74, 6) is -1.03. The van der Waals surface area contributed by atoms with E-state index in [2.05, 4.69) is 4.98 Å². The number of imidazole rings is 1. The molecule has 1 saturated heterocycles. The van der Waals surface area contributed by atoms with Gasteiger partial charge in [-0.25, -0.2) is 23.5 Å². The number of ether oxygens (including phenoxy) is 2. The Bertz CT molecular complexity index is 1790. The molecule has 0 aliphatic carbocycles. The van der Waals surface area contributed by atoms with Gasteiger partial charge in [-0.3, -0.25) is 0 Å². The van der Waals surface area contributed by atoms with E-state index in [4.69, 9.17) is 26.1 Å². The Morgan fingerprint density at radius 2 is 1.93 bits per heavy atom. The minimum absolute atomic E-state index is 0.00509. The fourth-order valence-corrected chi connectivity index (χ4v) is 5.29. The Morgan fingerprint density at radius 3 is 2.69 bits per heavy atom. The molecule has 7 nitrogen and oxygen atoms in total. The predicted octanol–water partition coefficient (Wildman–Crippen LogP) is 7.08. The van der Waals surface area contributed by atoms with Gasteiger partial charge >= 0.3 is 5.97 Å². The lowest BCUT2D eigenvalue weighted by molar-refractivity contribution is 0.0697. The van der Waals surface area contributed by atoms with Crippen LogP contribution in [0.5, 0.6) is 5.88 Å². The zero-order valence-corrected chi connectivity index (χ0v) is 23.2. The van der Waals surface area contributed by atoms with Gasteiger partial charge < -0.3 is 19.1 Å². The molecule has 214 valence electrons. The summed E-state index contributed by atoms with van der Waals surface area (Å²) in [6.45, 7) is 1.17. The number of carboxylic acids is 1. The van der Waals surface area contributed by atoms with Crippen molar-refractivity contribution >= 4 is 28.6 Å². The van der Waals surface area contributed by atoms with Gasteiger partial charge in [0, 0.05) is 35.2 Å². The Morgan fingerprint density at radius 1 is 1.05 bits per heavy atom.